The van der Waals surface area contributed by atoms with E-state index in [1.54, 1.807) is 22.7 Å². The van der Waals surface area contributed by atoms with Crippen molar-refractivity contribution in [1.29, 1.82) is 0 Å². The zero-order valence-electron chi connectivity index (χ0n) is 15.7. The molecule has 7 nitrogen and oxygen atoms in total. The summed E-state index contributed by atoms with van der Waals surface area (Å²) < 4.78 is 5.30. The molecule has 2 fully saturated rings. The Labute approximate surface area is 172 Å². The van der Waals surface area contributed by atoms with Gasteiger partial charge in [-0.05, 0) is 11.4 Å². The van der Waals surface area contributed by atoms with E-state index in [9.17, 15) is 9.59 Å². The van der Waals surface area contributed by atoms with Crippen LogP contribution in [0, 0.1) is 0 Å². The monoisotopic (exact) mass is 420 g/mol. The molecule has 28 heavy (non-hydrogen) atoms. The first-order chi connectivity index (χ1) is 13.7. The number of piperazine rings is 1. The van der Waals surface area contributed by atoms with E-state index in [1.807, 2.05) is 32.7 Å². The number of rotatable bonds is 5. The second-order valence-electron chi connectivity index (χ2n) is 6.95. The molecule has 0 saturated carbocycles. The molecule has 2 amide bonds. The molecule has 2 aromatic rings. The molecule has 150 valence electrons. The normalized spacial score (nSPS) is 18.4. The van der Waals surface area contributed by atoms with E-state index >= 15 is 0 Å². The number of hydrogen-bond donors (Lipinski definition) is 0. The molecule has 0 spiro atoms. The fraction of sp³-hybridized carbons (Fsp3) is 0.526. The number of thiophene rings is 1. The molecule has 0 aromatic carbocycles. The Morgan fingerprint density at radius 1 is 1.00 bits per heavy atom. The lowest BCUT2D eigenvalue weighted by Gasteiger charge is -2.36. The molecule has 2 aliphatic heterocycles. The maximum Gasteiger partial charge on any atom is 0.236 e. The molecular weight excluding hydrogens is 396 g/mol. The number of hydrogen-bond acceptors (Lipinski definition) is 7. The average molecular weight is 421 g/mol. The van der Waals surface area contributed by atoms with Crippen LogP contribution in [0.2, 0.25) is 0 Å². The summed E-state index contributed by atoms with van der Waals surface area (Å²) in [6.07, 6.45) is 0.342. The Bertz CT molecular complexity index is 794. The summed E-state index contributed by atoms with van der Waals surface area (Å²) in [5.41, 5.74) is 0.836. The highest BCUT2D eigenvalue weighted by Crippen LogP contribution is 2.28. The van der Waals surface area contributed by atoms with Gasteiger partial charge in [0.2, 0.25) is 11.8 Å². The lowest BCUT2D eigenvalue weighted by molar-refractivity contribution is -0.137. The van der Waals surface area contributed by atoms with Crippen molar-refractivity contribution in [1.82, 2.24) is 19.7 Å². The summed E-state index contributed by atoms with van der Waals surface area (Å²) in [4.78, 5) is 36.6. The van der Waals surface area contributed by atoms with Gasteiger partial charge in [-0.25, -0.2) is 4.98 Å². The first kappa shape index (κ1) is 19.5. The lowest BCUT2D eigenvalue weighted by atomic mass is 10.2. The van der Waals surface area contributed by atoms with Gasteiger partial charge in [-0.1, -0.05) is 6.07 Å². The Morgan fingerprint density at radius 2 is 1.75 bits per heavy atom. The largest absolute Gasteiger partial charge is 0.378 e. The van der Waals surface area contributed by atoms with Crippen LogP contribution in [0.3, 0.4) is 0 Å². The Balaban J connectivity index is 1.23. The van der Waals surface area contributed by atoms with E-state index in [0.717, 1.165) is 28.7 Å². The van der Waals surface area contributed by atoms with Gasteiger partial charge in [-0.2, -0.15) is 0 Å². The standard InChI is InChI=1S/C19H24N4O3S2/c24-17(12-15-14-28-19(20-15)16-2-1-11-27-16)22-5-3-21(4-6-22)13-18(25)23-7-9-26-10-8-23/h1-2,11,14H,3-10,12-13H2. The topological polar surface area (TPSA) is 66.0 Å². The van der Waals surface area contributed by atoms with E-state index in [-0.39, 0.29) is 11.8 Å². The first-order valence-corrected chi connectivity index (χ1v) is 11.3. The molecule has 9 heteroatoms. The van der Waals surface area contributed by atoms with Crippen LogP contribution in [-0.4, -0.2) is 90.5 Å². The van der Waals surface area contributed by atoms with Crippen LogP contribution in [0.15, 0.2) is 22.9 Å². The zero-order valence-corrected chi connectivity index (χ0v) is 17.3. The molecule has 0 atom stereocenters. The third kappa shape index (κ3) is 4.78. The van der Waals surface area contributed by atoms with Crippen molar-refractivity contribution in [3.63, 3.8) is 0 Å². The molecule has 0 radical (unpaired) electrons. The summed E-state index contributed by atoms with van der Waals surface area (Å²) in [5.74, 6) is 0.272. The summed E-state index contributed by atoms with van der Waals surface area (Å²) in [5, 5.41) is 4.99. The number of amides is 2. The molecule has 2 saturated heterocycles. The van der Waals surface area contributed by atoms with Crippen LogP contribution >= 0.6 is 22.7 Å². The number of ether oxygens (including phenoxy) is 1. The van der Waals surface area contributed by atoms with Gasteiger partial charge in [0, 0.05) is 44.6 Å². The van der Waals surface area contributed by atoms with Gasteiger partial charge in [-0.3, -0.25) is 14.5 Å². The van der Waals surface area contributed by atoms with Gasteiger partial charge in [-0.15, -0.1) is 22.7 Å². The number of carbonyl (C=O) groups is 2. The minimum Gasteiger partial charge on any atom is -0.378 e. The first-order valence-electron chi connectivity index (χ1n) is 9.53. The van der Waals surface area contributed by atoms with Crippen molar-refractivity contribution in [3.8, 4) is 9.88 Å². The molecule has 0 unspecified atom stereocenters. The van der Waals surface area contributed by atoms with Crippen molar-refractivity contribution in [2.24, 2.45) is 0 Å². The van der Waals surface area contributed by atoms with Crippen molar-refractivity contribution in [2.75, 3.05) is 59.0 Å². The Morgan fingerprint density at radius 3 is 2.46 bits per heavy atom. The minimum absolute atomic E-state index is 0.113. The van der Waals surface area contributed by atoms with Gasteiger partial charge in [0.25, 0.3) is 0 Å². The molecule has 2 aromatic heterocycles. The van der Waals surface area contributed by atoms with Gasteiger partial charge in [0.05, 0.1) is 36.8 Å². The van der Waals surface area contributed by atoms with Crippen LogP contribution in [0.1, 0.15) is 5.69 Å². The van der Waals surface area contributed by atoms with Crippen LogP contribution < -0.4 is 0 Å². The van der Waals surface area contributed by atoms with Gasteiger partial charge < -0.3 is 14.5 Å². The fourth-order valence-electron chi connectivity index (χ4n) is 3.43. The van der Waals surface area contributed by atoms with Crippen LogP contribution in [-0.2, 0) is 20.7 Å². The molecular formula is C19H24N4O3S2. The predicted molar refractivity (Wildman–Crippen MR) is 110 cm³/mol. The third-order valence-corrected chi connectivity index (χ3v) is 6.99. The summed E-state index contributed by atoms with van der Waals surface area (Å²) in [6, 6.07) is 4.06. The van der Waals surface area contributed by atoms with Gasteiger partial charge in [0.1, 0.15) is 5.01 Å². The summed E-state index contributed by atoms with van der Waals surface area (Å²) >= 11 is 3.25. The van der Waals surface area contributed by atoms with Crippen LogP contribution in [0.25, 0.3) is 9.88 Å². The highest BCUT2D eigenvalue weighted by Gasteiger charge is 2.25. The highest BCUT2D eigenvalue weighted by molar-refractivity contribution is 7.20. The molecule has 0 bridgehead atoms. The molecule has 0 aliphatic carbocycles. The molecule has 4 heterocycles. The van der Waals surface area contributed by atoms with Gasteiger partial charge >= 0.3 is 0 Å². The lowest BCUT2D eigenvalue weighted by Crippen LogP contribution is -2.52. The van der Waals surface area contributed by atoms with E-state index < -0.39 is 0 Å². The zero-order chi connectivity index (χ0) is 19.3. The van der Waals surface area contributed by atoms with Crippen molar-refractivity contribution in [2.45, 2.75) is 6.42 Å². The van der Waals surface area contributed by atoms with E-state index in [0.29, 0.717) is 52.4 Å². The number of morpholine rings is 1. The number of aromatic nitrogens is 1. The molecule has 4 rings (SSSR count). The summed E-state index contributed by atoms with van der Waals surface area (Å²) in [6.45, 7) is 5.83. The number of thiazole rings is 1. The number of nitrogens with zero attached hydrogens (tertiary/aromatic N) is 4. The quantitative estimate of drug-likeness (QED) is 0.732. The minimum atomic E-state index is 0.113. The SMILES string of the molecule is O=C(Cc1csc(-c2cccs2)n1)N1CCN(CC(=O)N2CCOCC2)CC1. The maximum absolute atomic E-state index is 12.6. The second kappa shape index (κ2) is 9.13. The Kier molecular flexibility index (Phi) is 6.36. The average Bonchev–Trinajstić information content (AvgIpc) is 3.41. The fourth-order valence-corrected chi connectivity index (χ4v) is 5.06. The van der Waals surface area contributed by atoms with Crippen LogP contribution in [0.5, 0.6) is 0 Å². The summed E-state index contributed by atoms with van der Waals surface area (Å²) in [7, 11) is 0. The highest BCUT2D eigenvalue weighted by atomic mass is 32.1. The van der Waals surface area contributed by atoms with Crippen molar-refractivity contribution >= 4 is 34.5 Å². The molecule has 0 N–H and O–H groups in total. The smallest absolute Gasteiger partial charge is 0.236 e. The second-order valence-corrected chi connectivity index (χ2v) is 8.75. The van der Waals surface area contributed by atoms with E-state index in [4.69, 9.17) is 4.74 Å². The predicted octanol–water partition coefficient (Wildman–Crippen LogP) is 1.42. The van der Waals surface area contributed by atoms with Gasteiger partial charge in [0.15, 0.2) is 0 Å². The maximum atomic E-state index is 12.6. The molecule has 2 aliphatic rings. The van der Waals surface area contributed by atoms with Crippen LogP contribution in [0.4, 0.5) is 0 Å². The van der Waals surface area contributed by atoms with Crippen molar-refractivity contribution in [3.05, 3.63) is 28.6 Å². The van der Waals surface area contributed by atoms with Crippen molar-refractivity contribution < 1.29 is 14.3 Å². The number of carbonyl (C=O) groups excluding carboxylic acids is 2. The third-order valence-electron chi connectivity index (χ3n) is 5.06. The van der Waals surface area contributed by atoms with E-state index in [2.05, 4.69) is 9.88 Å². The van der Waals surface area contributed by atoms with E-state index in [1.165, 1.54) is 0 Å². The Hall–Kier alpha value is -1.81.